The number of amides is 1. The zero-order valence-electron chi connectivity index (χ0n) is 19.2. The molecule has 0 aliphatic carbocycles. The fraction of sp³-hybridized carbons (Fsp3) is 0.680. The molecule has 1 amide bonds. The molecule has 2 atom stereocenters. The predicted molar refractivity (Wildman–Crippen MR) is 123 cm³/mol. The van der Waals surface area contributed by atoms with Crippen molar-refractivity contribution >= 4 is 11.9 Å². The van der Waals surface area contributed by atoms with Gasteiger partial charge in [0.1, 0.15) is 5.75 Å². The number of piperidine rings is 1. The largest absolute Gasteiger partial charge is 0.493 e. The summed E-state index contributed by atoms with van der Waals surface area (Å²) in [7, 11) is 2.24. The maximum atomic E-state index is 12.8. The molecule has 3 aliphatic heterocycles. The molecule has 0 spiro atoms. The highest BCUT2D eigenvalue weighted by Crippen LogP contribution is 2.37. The number of nitrogens with one attached hydrogen (secondary N) is 1. The minimum atomic E-state index is -0.787. The van der Waals surface area contributed by atoms with Gasteiger partial charge < -0.3 is 20.1 Å². The molecule has 2 saturated heterocycles. The molecule has 3 aliphatic rings. The molecule has 32 heavy (non-hydrogen) atoms. The molecular weight excluding hydrogens is 406 g/mol. The summed E-state index contributed by atoms with van der Waals surface area (Å²) in [6.07, 6.45) is 8.24. The number of carboxylic acids is 1. The van der Waals surface area contributed by atoms with E-state index in [1.54, 1.807) is 0 Å². The average molecular weight is 444 g/mol. The molecule has 0 saturated carbocycles. The third-order valence-electron chi connectivity index (χ3n) is 7.46. The number of hydrogen-bond donors (Lipinski definition) is 2. The van der Waals surface area contributed by atoms with E-state index in [4.69, 9.17) is 9.84 Å². The lowest BCUT2D eigenvalue weighted by atomic mass is 9.95. The van der Waals surface area contributed by atoms with Gasteiger partial charge in [0.2, 0.25) is 5.91 Å². The molecule has 0 aromatic heterocycles. The lowest BCUT2D eigenvalue weighted by Crippen LogP contribution is -2.51. The summed E-state index contributed by atoms with van der Waals surface area (Å²) in [6.45, 7) is 2.43. The summed E-state index contributed by atoms with van der Waals surface area (Å²) >= 11 is 0. The van der Waals surface area contributed by atoms with Crippen molar-refractivity contribution in [3.8, 4) is 5.75 Å². The van der Waals surface area contributed by atoms with Gasteiger partial charge in [-0.2, -0.15) is 0 Å². The Morgan fingerprint density at radius 3 is 2.66 bits per heavy atom. The fourth-order valence-electron chi connectivity index (χ4n) is 5.57. The van der Waals surface area contributed by atoms with Crippen LogP contribution in [-0.2, 0) is 22.6 Å². The number of fused-ring (bicyclic) bond motifs is 3. The van der Waals surface area contributed by atoms with Crippen LogP contribution < -0.4 is 10.1 Å². The molecule has 2 fully saturated rings. The first-order valence-electron chi connectivity index (χ1n) is 12.2. The van der Waals surface area contributed by atoms with Gasteiger partial charge >= 0.3 is 5.97 Å². The average Bonchev–Trinajstić information content (AvgIpc) is 2.96. The Bertz CT molecular complexity index is 800. The molecule has 1 aromatic carbocycles. The number of aliphatic carboxylic acids is 1. The van der Waals surface area contributed by atoms with E-state index in [0.29, 0.717) is 44.2 Å². The molecule has 7 heteroatoms. The number of ether oxygens (including phenoxy) is 1. The number of carboxylic acid groups (broad SMARTS) is 1. The smallest absolute Gasteiger partial charge is 0.303 e. The second-order valence-corrected chi connectivity index (χ2v) is 9.68. The van der Waals surface area contributed by atoms with Gasteiger partial charge in [0.05, 0.1) is 13.2 Å². The number of hydrogen-bond acceptors (Lipinski definition) is 5. The molecule has 1 aromatic rings. The van der Waals surface area contributed by atoms with Crippen molar-refractivity contribution in [1.82, 2.24) is 15.1 Å². The minimum Gasteiger partial charge on any atom is -0.493 e. The molecule has 0 radical (unpaired) electrons. The van der Waals surface area contributed by atoms with Crippen LogP contribution in [0, 0.1) is 0 Å². The van der Waals surface area contributed by atoms with Crippen molar-refractivity contribution in [2.24, 2.45) is 0 Å². The molecule has 2 bridgehead atoms. The third-order valence-corrected chi connectivity index (χ3v) is 7.46. The van der Waals surface area contributed by atoms with Crippen molar-refractivity contribution in [3.05, 3.63) is 29.3 Å². The first kappa shape index (κ1) is 23.1. The fourth-order valence-corrected chi connectivity index (χ4v) is 5.57. The summed E-state index contributed by atoms with van der Waals surface area (Å²) in [5.74, 6) is 0.176. The summed E-state index contributed by atoms with van der Waals surface area (Å²) in [5.41, 5.74) is 2.07. The number of aryl methyl sites for hydroxylation is 1. The van der Waals surface area contributed by atoms with Crippen LogP contribution in [0.1, 0.15) is 62.5 Å². The van der Waals surface area contributed by atoms with Crippen molar-refractivity contribution in [1.29, 1.82) is 0 Å². The van der Waals surface area contributed by atoms with Crippen LogP contribution in [0.25, 0.3) is 0 Å². The summed E-state index contributed by atoms with van der Waals surface area (Å²) in [4.78, 5) is 28.7. The van der Waals surface area contributed by atoms with Gasteiger partial charge in [-0.15, -0.1) is 0 Å². The van der Waals surface area contributed by atoms with Crippen LogP contribution in [0.2, 0.25) is 0 Å². The highest BCUT2D eigenvalue weighted by molar-refractivity contribution is 5.78. The SMILES string of the molecule is CN1C2CCC1CC(N1CC(=O)NCCCCCOc3ccc(CCC(=O)O)cc3C1)C2. The molecule has 3 heterocycles. The summed E-state index contributed by atoms with van der Waals surface area (Å²) in [5, 5.41) is 12.2. The molecule has 176 valence electrons. The Hall–Kier alpha value is -2.12. The van der Waals surface area contributed by atoms with Crippen molar-refractivity contribution in [3.63, 3.8) is 0 Å². The molecule has 7 nitrogen and oxygen atoms in total. The van der Waals surface area contributed by atoms with Gasteiger partial charge in [0.25, 0.3) is 0 Å². The third kappa shape index (κ3) is 5.81. The second kappa shape index (κ2) is 10.7. The predicted octanol–water partition coefficient (Wildman–Crippen LogP) is 2.81. The molecular formula is C25H37N3O4. The van der Waals surface area contributed by atoms with Crippen LogP contribution >= 0.6 is 0 Å². The van der Waals surface area contributed by atoms with E-state index in [1.807, 2.05) is 12.1 Å². The summed E-state index contributed by atoms with van der Waals surface area (Å²) in [6, 6.07) is 7.63. The lowest BCUT2D eigenvalue weighted by Gasteiger charge is -2.41. The van der Waals surface area contributed by atoms with Gasteiger partial charge in [-0.3, -0.25) is 14.5 Å². The monoisotopic (exact) mass is 443 g/mol. The van der Waals surface area contributed by atoms with E-state index < -0.39 is 5.97 Å². The van der Waals surface area contributed by atoms with E-state index >= 15 is 0 Å². The maximum Gasteiger partial charge on any atom is 0.303 e. The Morgan fingerprint density at radius 2 is 1.91 bits per heavy atom. The molecule has 2 unspecified atom stereocenters. The number of carbonyl (C=O) groups is 2. The van der Waals surface area contributed by atoms with Gasteiger partial charge in [-0.1, -0.05) is 12.1 Å². The van der Waals surface area contributed by atoms with Crippen LogP contribution in [0.15, 0.2) is 18.2 Å². The Kier molecular flexibility index (Phi) is 7.68. The summed E-state index contributed by atoms with van der Waals surface area (Å²) < 4.78 is 6.16. The van der Waals surface area contributed by atoms with Crippen molar-refractivity contribution < 1.29 is 19.4 Å². The van der Waals surface area contributed by atoms with Gasteiger partial charge in [-0.25, -0.2) is 0 Å². The van der Waals surface area contributed by atoms with E-state index in [1.165, 1.54) is 12.8 Å². The Labute approximate surface area is 191 Å². The van der Waals surface area contributed by atoms with Gasteiger partial charge in [0, 0.05) is 43.2 Å². The Balaban J connectivity index is 1.58. The zero-order valence-corrected chi connectivity index (χ0v) is 19.2. The topological polar surface area (TPSA) is 82.1 Å². The van der Waals surface area contributed by atoms with Crippen LogP contribution in [-0.4, -0.2) is 71.7 Å². The van der Waals surface area contributed by atoms with Crippen LogP contribution in [0.3, 0.4) is 0 Å². The van der Waals surface area contributed by atoms with Gasteiger partial charge in [-0.05, 0) is 70.0 Å². The normalized spacial score (nSPS) is 27.9. The number of benzene rings is 1. The lowest BCUT2D eigenvalue weighted by molar-refractivity contribution is -0.137. The number of nitrogens with zero attached hydrogens (tertiary/aromatic N) is 2. The van der Waals surface area contributed by atoms with E-state index in [2.05, 4.69) is 28.2 Å². The molecule has 2 N–H and O–H groups in total. The maximum absolute atomic E-state index is 12.8. The standard InChI is InChI=1S/C25H37N3O4/c1-27-20-7-8-21(27)15-22(14-20)28-16-19-13-18(6-10-25(30)31)5-9-23(19)32-12-4-2-3-11-26-24(29)17-28/h5,9,13,20-22H,2-4,6-8,10-12,14-17H2,1H3,(H,26,29)(H,30,31). The quantitative estimate of drug-likeness (QED) is 0.745. The number of rotatable bonds is 4. The van der Waals surface area contributed by atoms with E-state index in [0.717, 1.165) is 55.5 Å². The van der Waals surface area contributed by atoms with Crippen molar-refractivity contribution in [2.45, 2.75) is 82.5 Å². The first-order valence-corrected chi connectivity index (χ1v) is 12.2. The van der Waals surface area contributed by atoms with Gasteiger partial charge in [0.15, 0.2) is 0 Å². The minimum absolute atomic E-state index is 0.0972. The highest BCUT2D eigenvalue weighted by atomic mass is 16.5. The Morgan fingerprint density at radius 1 is 1.12 bits per heavy atom. The zero-order chi connectivity index (χ0) is 22.5. The second-order valence-electron chi connectivity index (χ2n) is 9.68. The molecule has 4 rings (SSSR count). The van der Waals surface area contributed by atoms with E-state index in [9.17, 15) is 9.59 Å². The van der Waals surface area contributed by atoms with Crippen LogP contribution in [0.5, 0.6) is 5.75 Å². The van der Waals surface area contributed by atoms with Crippen LogP contribution in [0.4, 0.5) is 0 Å². The van der Waals surface area contributed by atoms with Crippen molar-refractivity contribution in [2.75, 3.05) is 26.7 Å². The first-order chi connectivity index (χ1) is 15.5. The number of carbonyl (C=O) groups excluding carboxylic acids is 1. The van der Waals surface area contributed by atoms with E-state index in [-0.39, 0.29) is 12.3 Å². The highest BCUT2D eigenvalue weighted by Gasteiger charge is 2.40.